The second kappa shape index (κ2) is 11.7. The van der Waals surface area contributed by atoms with Crippen LogP contribution in [-0.4, -0.2) is 42.2 Å². The lowest BCUT2D eigenvalue weighted by molar-refractivity contribution is -0.137. The molecular formula is C29H20B2ClF8N5OS. The lowest BCUT2D eigenvalue weighted by atomic mass is 9.61. The Balaban J connectivity index is 1.90. The van der Waals surface area contributed by atoms with E-state index in [1.165, 1.54) is 6.07 Å². The van der Waals surface area contributed by atoms with Gasteiger partial charge in [0.2, 0.25) is 5.62 Å². The van der Waals surface area contributed by atoms with Crippen molar-refractivity contribution in [1.29, 1.82) is 0 Å². The summed E-state index contributed by atoms with van der Waals surface area (Å²) in [5.74, 6) is -1.97. The van der Waals surface area contributed by atoms with Crippen LogP contribution in [0, 0.1) is 11.6 Å². The number of aliphatic hydroxyl groups is 1. The second-order valence-electron chi connectivity index (χ2n) is 10.6. The van der Waals surface area contributed by atoms with Gasteiger partial charge in [0, 0.05) is 56.7 Å². The Morgan fingerprint density at radius 2 is 1.77 bits per heavy atom. The van der Waals surface area contributed by atoms with Gasteiger partial charge in [0.25, 0.3) is 5.19 Å². The van der Waals surface area contributed by atoms with Gasteiger partial charge in [-0.1, -0.05) is 24.8 Å². The van der Waals surface area contributed by atoms with Crippen LogP contribution in [0.2, 0.25) is 5.02 Å². The third kappa shape index (κ3) is 5.82. The first-order valence-electron chi connectivity index (χ1n) is 13.2. The fourth-order valence-electron chi connectivity index (χ4n) is 5.46. The van der Waals surface area contributed by atoms with Crippen molar-refractivity contribution in [2.45, 2.75) is 29.3 Å². The van der Waals surface area contributed by atoms with Crippen LogP contribution in [0.15, 0.2) is 60.6 Å². The average molecular weight is 696 g/mol. The van der Waals surface area contributed by atoms with Crippen LogP contribution in [0.1, 0.15) is 40.4 Å². The number of fused-ring (bicyclic) bond motifs is 3. The number of hydrogen-bond donors (Lipinski definition) is 4. The first kappa shape index (κ1) is 34.5. The second-order valence-corrected chi connectivity index (χ2v) is 11.6. The first-order chi connectivity index (χ1) is 21.7. The Morgan fingerprint density at radius 1 is 1.11 bits per heavy atom. The van der Waals surface area contributed by atoms with E-state index in [0.717, 1.165) is 31.3 Å². The number of aromatic nitrogens is 2. The van der Waals surface area contributed by atoms with Crippen LogP contribution in [0.4, 0.5) is 40.8 Å². The molecule has 47 heavy (non-hydrogen) atoms. The highest BCUT2D eigenvalue weighted by Crippen LogP contribution is 2.48. The molecule has 1 aliphatic rings. The van der Waals surface area contributed by atoms with Crippen LogP contribution < -0.4 is 16.3 Å². The van der Waals surface area contributed by atoms with Crippen molar-refractivity contribution in [2.75, 3.05) is 12.4 Å². The highest BCUT2D eigenvalue weighted by Gasteiger charge is 2.45. The first-order valence-corrected chi connectivity index (χ1v) is 14.0. The number of benzene rings is 3. The summed E-state index contributed by atoms with van der Waals surface area (Å²) < 4.78 is 115. The molecule has 1 aliphatic heterocycles. The number of imidazole rings is 1. The molecule has 2 atom stereocenters. The van der Waals surface area contributed by atoms with Gasteiger partial charge in [0.15, 0.2) is 0 Å². The predicted molar refractivity (Wildman–Crippen MR) is 167 cm³/mol. The minimum Gasteiger partial charge on any atom is -0.374 e. The lowest BCUT2D eigenvalue weighted by Gasteiger charge is -2.36. The molecule has 242 valence electrons. The summed E-state index contributed by atoms with van der Waals surface area (Å²) in [6, 6.07) is 4.97. The minimum absolute atomic E-state index is 0.0263. The predicted octanol–water partition coefficient (Wildman–Crippen LogP) is 6.56. The molecule has 3 aromatic carbocycles. The van der Waals surface area contributed by atoms with E-state index < -0.39 is 63.1 Å². The molecule has 6 nitrogen and oxygen atoms in total. The third-order valence-corrected chi connectivity index (χ3v) is 8.23. The Morgan fingerprint density at radius 3 is 2.34 bits per heavy atom. The van der Waals surface area contributed by atoms with Gasteiger partial charge >= 0.3 is 12.7 Å². The van der Waals surface area contributed by atoms with E-state index in [2.05, 4.69) is 41.4 Å². The number of anilines is 1. The van der Waals surface area contributed by atoms with E-state index in [4.69, 9.17) is 27.3 Å². The third-order valence-electron chi connectivity index (χ3n) is 7.53. The van der Waals surface area contributed by atoms with Crippen LogP contribution >= 0.6 is 24.2 Å². The number of rotatable bonds is 7. The zero-order valence-corrected chi connectivity index (χ0v) is 25.6. The number of hydrogen-bond acceptors (Lipinski definition) is 5. The molecule has 4 radical (unpaired) electrons. The smallest absolute Gasteiger partial charge is 0.374 e. The molecule has 4 aromatic rings. The standard InChI is InChI=1S/C29H20B2ClF8N5OS/c1-11(13-6-14(27(37,38)39)8-16(34)7-13)42-19-10-20-24(44(25(35)36)26(41-3)45(20)28(30,31)29(40,46)47)21-12(2)43-23(22(19)21)17-9-15(33)4-5-18(17)32/h4-10,23,25,42-43,46-47H,1-2H2,3H3. The maximum Gasteiger partial charge on any atom is 0.416 e. The van der Waals surface area contributed by atoms with Crippen LogP contribution in [-0.2, 0) is 11.5 Å². The van der Waals surface area contributed by atoms with Gasteiger partial charge in [0.1, 0.15) is 11.6 Å². The zero-order chi connectivity index (χ0) is 35.0. The Labute approximate surface area is 274 Å². The van der Waals surface area contributed by atoms with Gasteiger partial charge < -0.3 is 20.3 Å². The quantitative estimate of drug-likeness (QED) is 0.0768. The van der Waals surface area contributed by atoms with Crippen molar-refractivity contribution in [1.82, 2.24) is 14.5 Å². The van der Waals surface area contributed by atoms with Gasteiger partial charge in [-0.2, -0.15) is 26.3 Å². The summed E-state index contributed by atoms with van der Waals surface area (Å²) in [6.45, 7) is 4.24. The Hall–Kier alpha value is -3.82. The summed E-state index contributed by atoms with van der Waals surface area (Å²) in [7, 11) is 13.0. The maximum atomic E-state index is 15.0. The number of nitrogens with one attached hydrogen (secondary N) is 2. The average Bonchev–Trinajstić information content (AvgIpc) is 3.48. The molecule has 0 saturated heterocycles. The SMILES string of the molecule is [B]C([B])(n1c(=NC)n(C(F)F)c2c3c(c(NC(=C)c4cc(F)cc(C(F)(F)F)c4)cc21)C(c1cc(F)ccc1Cl)NC3=C)C(O)(F)S. The molecule has 2 heterocycles. The summed E-state index contributed by atoms with van der Waals surface area (Å²) in [4.78, 5) is 3.81. The van der Waals surface area contributed by atoms with E-state index in [9.17, 15) is 35.8 Å². The van der Waals surface area contributed by atoms with Crippen molar-refractivity contribution < 1.29 is 40.2 Å². The van der Waals surface area contributed by atoms with Crippen molar-refractivity contribution in [2.24, 2.45) is 4.99 Å². The van der Waals surface area contributed by atoms with E-state index in [-0.39, 0.29) is 50.4 Å². The van der Waals surface area contributed by atoms with Crippen LogP contribution in [0.3, 0.4) is 0 Å². The molecule has 2 unspecified atom stereocenters. The number of thiol groups is 1. The summed E-state index contributed by atoms with van der Waals surface area (Å²) >= 11 is 9.82. The van der Waals surface area contributed by atoms with Gasteiger partial charge in [-0.25, -0.2) is 8.78 Å². The van der Waals surface area contributed by atoms with Gasteiger partial charge in [-0.05, 0) is 42.5 Å². The van der Waals surface area contributed by atoms with Gasteiger partial charge in [0.05, 0.1) is 38.3 Å². The fourth-order valence-corrected chi connectivity index (χ4v) is 5.79. The molecule has 0 amide bonds. The molecule has 0 bridgehead atoms. The number of alkyl halides is 6. The van der Waals surface area contributed by atoms with E-state index in [0.29, 0.717) is 15.2 Å². The lowest BCUT2D eigenvalue weighted by Crippen LogP contribution is -2.55. The monoisotopic (exact) mass is 695 g/mol. The molecule has 1 aromatic heterocycles. The van der Waals surface area contributed by atoms with E-state index >= 15 is 4.39 Å². The van der Waals surface area contributed by atoms with Gasteiger partial charge in [-0.15, -0.1) is 12.6 Å². The van der Waals surface area contributed by atoms with Crippen LogP contribution in [0.25, 0.3) is 22.4 Å². The molecule has 5 rings (SSSR count). The normalized spacial score (nSPS) is 16.8. The van der Waals surface area contributed by atoms with Crippen molar-refractivity contribution in [3.05, 3.63) is 106 Å². The maximum absolute atomic E-state index is 15.0. The molecule has 18 heteroatoms. The molecule has 0 aliphatic carbocycles. The topological polar surface area (TPSA) is 66.5 Å². The molecule has 0 spiro atoms. The molecular weight excluding hydrogens is 675 g/mol. The van der Waals surface area contributed by atoms with Gasteiger partial charge in [-0.3, -0.25) is 9.56 Å². The minimum atomic E-state index is -4.93. The number of nitrogens with zero attached hydrogens (tertiary/aromatic N) is 3. The van der Waals surface area contributed by atoms with Crippen molar-refractivity contribution >= 4 is 68.0 Å². The Bertz CT molecular complexity index is 2040. The highest BCUT2D eigenvalue weighted by atomic mass is 35.5. The Kier molecular flexibility index (Phi) is 8.59. The fraction of sp³-hybridized carbons (Fsp3) is 0.207. The highest BCUT2D eigenvalue weighted by molar-refractivity contribution is 7.81. The van der Waals surface area contributed by atoms with E-state index in [1.54, 1.807) is 0 Å². The summed E-state index contributed by atoms with van der Waals surface area (Å²) in [5, 5.41) is 9.04. The largest absolute Gasteiger partial charge is 0.416 e. The van der Waals surface area contributed by atoms with Crippen LogP contribution in [0.5, 0.6) is 0 Å². The number of halogens is 9. The zero-order valence-electron chi connectivity index (χ0n) is 23.9. The summed E-state index contributed by atoms with van der Waals surface area (Å²) in [5.41, 5.74) is -3.72. The van der Waals surface area contributed by atoms with Crippen molar-refractivity contribution in [3.63, 3.8) is 0 Å². The molecule has 3 N–H and O–H groups in total. The molecule has 0 fully saturated rings. The molecule has 0 saturated carbocycles. The van der Waals surface area contributed by atoms with E-state index in [1.807, 2.05) is 0 Å². The summed E-state index contributed by atoms with van der Waals surface area (Å²) in [6.07, 6.45) is -4.93. The van der Waals surface area contributed by atoms with Crippen molar-refractivity contribution in [3.8, 4) is 0 Å².